The number of anilines is 1. The highest BCUT2D eigenvalue weighted by Crippen LogP contribution is 2.32. The minimum Gasteiger partial charge on any atom is -0.497 e. The van der Waals surface area contributed by atoms with E-state index in [4.69, 9.17) is 15.2 Å². The van der Waals surface area contributed by atoms with Gasteiger partial charge in [0.05, 0.1) is 19.9 Å². The molecule has 3 aromatic rings. The van der Waals surface area contributed by atoms with Gasteiger partial charge in [0.1, 0.15) is 17.1 Å². The number of hydrogen-bond donors (Lipinski definition) is 1. The zero-order chi connectivity index (χ0) is 14.1. The van der Waals surface area contributed by atoms with Crippen molar-refractivity contribution in [3.8, 4) is 22.8 Å². The summed E-state index contributed by atoms with van der Waals surface area (Å²) in [6.07, 6.45) is 3.76. The number of nitrogens with two attached hydrogens (primary N) is 1. The highest BCUT2D eigenvalue weighted by atomic mass is 16.5. The average molecular weight is 269 g/mol. The van der Waals surface area contributed by atoms with Gasteiger partial charge in [0.2, 0.25) is 0 Å². The molecule has 0 radical (unpaired) electrons. The SMILES string of the molecule is COc1ccc(-c2cn3cc(N)ccc3n2)c(OC)c1. The normalized spacial score (nSPS) is 10.7. The summed E-state index contributed by atoms with van der Waals surface area (Å²) in [5.41, 5.74) is 9.05. The minimum atomic E-state index is 0.697. The Kier molecular flexibility index (Phi) is 2.95. The number of methoxy groups -OCH3 is 2. The van der Waals surface area contributed by atoms with Crippen molar-refractivity contribution in [1.82, 2.24) is 9.38 Å². The molecule has 2 heterocycles. The molecule has 102 valence electrons. The molecule has 20 heavy (non-hydrogen) atoms. The highest BCUT2D eigenvalue weighted by Gasteiger charge is 2.11. The third-order valence-corrected chi connectivity index (χ3v) is 3.16. The fraction of sp³-hybridized carbons (Fsp3) is 0.133. The van der Waals surface area contributed by atoms with Gasteiger partial charge in [-0.2, -0.15) is 0 Å². The standard InChI is InChI=1S/C15H15N3O2/c1-19-11-4-5-12(14(7-11)20-2)13-9-18-8-10(16)3-6-15(18)17-13/h3-9H,16H2,1-2H3. The van der Waals surface area contributed by atoms with Crippen molar-refractivity contribution in [2.45, 2.75) is 0 Å². The number of benzene rings is 1. The van der Waals surface area contributed by atoms with Gasteiger partial charge in [0.15, 0.2) is 0 Å². The molecule has 0 aliphatic rings. The molecule has 0 spiro atoms. The van der Waals surface area contributed by atoms with Crippen LogP contribution in [0.4, 0.5) is 5.69 Å². The molecule has 0 saturated heterocycles. The Morgan fingerprint density at radius 2 is 1.90 bits per heavy atom. The summed E-state index contributed by atoms with van der Waals surface area (Å²) in [6.45, 7) is 0. The van der Waals surface area contributed by atoms with Gasteiger partial charge >= 0.3 is 0 Å². The van der Waals surface area contributed by atoms with Crippen LogP contribution >= 0.6 is 0 Å². The molecule has 5 nitrogen and oxygen atoms in total. The van der Waals surface area contributed by atoms with E-state index in [2.05, 4.69) is 4.98 Å². The van der Waals surface area contributed by atoms with E-state index in [0.29, 0.717) is 5.69 Å². The second-order valence-electron chi connectivity index (χ2n) is 4.42. The van der Waals surface area contributed by atoms with E-state index in [1.165, 1.54) is 0 Å². The average Bonchev–Trinajstić information content (AvgIpc) is 2.89. The van der Waals surface area contributed by atoms with Gasteiger partial charge < -0.3 is 19.6 Å². The quantitative estimate of drug-likeness (QED) is 0.794. The smallest absolute Gasteiger partial charge is 0.137 e. The van der Waals surface area contributed by atoms with Crippen LogP contribution in [0.1, 0.15) is 0 Å². The molecule has 0 aliphatic heterocycles. The first-order valence-electron chi connectivity index (χ1n) is 6.18. The van der Waals surface area contributed by atoms with Crippen molar-refractivity contribution in [3.63, 3.8) is 0 Å². The summed E-state index contributed by atoms with van der Waals surface area (Å²) >= 11 is 0. The van der Waals surface area contributed by atoms with Crippen molar-refractivity contribution in [2.24, 2.45) is 0 Å². The molecule has 0 atom stereocenters. The number of rotatable bonds is 3. The maximum Gasteiger partial charge on any atom is 0.137 e. The first kappa shape index (κ1) is 12.3. The fourth-order valence-corrected chi connectivity index (χ4v) is 2.15. The van der Waals surface area contributed by atoms with Gasteiger partial charge in [-0.15, -0.1) is 0 Å². The molecule has 0 bridgehead atoms. The molecule has 5 heteroatoms. The monoisotopic (exact) mass is 269 g/mol. The number of imidazole rings is 1. The topological polar surface area (TPSA) is 61.8 Å². The number of fused-ring (bicyclic) bond motifs is 1. The summed E-state index contributed by atoms with van der Waals surface area (Å²) in [5, 5.41) is 0. The minimum absolute atomic E-state index is 0.697. The lowest BCUT2D eigenvalue weighted by molar-refractivity contribution is 0.395. The molecular weight excluding hydrogens is 254 g/mol. The molecular formula is C15H15N3O2. The molecule has 2 aromatic heterocycles. The van der Waals surface area contributed by atoms with Crippen LogP contribution in [0.5, 0.6) is 11.5 Å². The van der Waals surface area contributed by atoms with Gasteiger partial charge in [-0.1, -0.05) is 0 Å². The predicted molar refractivity (Wildman–Crippen MR) is 78.1 cm³/mol. The lowest BCUT2D eigenvalue weighted by atomic mass is 10.1. The second kappa shape index (κ2) is 4.77. The van der Waals surface area contributed by atoms with E-state index in [1.54, 1.807) is 14.2 Å². The molecule has 1 aromatic carbocycles. The third-order valence-electron chi connectivity index (χ3n) is 3.16. The number of pyridine rings is 1. The Morgan fingerprint density at radius 1 is 1.05 bits per heavy atom. The highest BCUT2D eigenvalue weighted by molar-refractivity contribution is 5.70. The number of nitrogens with zero attached hydrogens (tertiary/aromatic N) is 2. The number of nitrogen functional groups attached to an aromatic ring is 1. The number of hydrogen-bond acceptors (Lipinski definition) is 4. The van der Waals surface area contributed by atoms with Crippen LogP contribution in [0.3, 0.4) is 0 Å². The summed E-state index contributed by atoms with van der Waals surface area (Å²) in [5.74, 6) is 1.47. The van der Waals surface area contributed by atoms with Crippen LogP contribution in [-0.4, -0.2) is 23.6 Å². The van der Waals surface area contributed by atoms with Gasteiger partial charge in [-0.25, -0.2) is 4.98 Å². The summed E-state index contributed by atoms with van der Waals surface area (Å²) in [7, 11) is 3.26. The van der Waals surface area contributed by atoms with Crippen LogP contribution in [0.15, 0.2) is 42.7 Å². The van der Waals surface area contributed by atoms with Gasteiger partial charge in [-0.05, 0) is 24.3 Å². The maximum absolute atomic E-state index is 5.78. The summed E-state index contributed by atoms with van der Waals surface area (Å²) in [6, 6.07) is 9.37. The Balaban J connectivity index is 2.14. The summed E-state index contributed by atoms with van der Waals surface area (Å²) < 4.78 is 12.5. The van der Waals surface area contributed by atoms with Crippen molar-refractivity contribution >= 4 is 11.3 Å². The zero-order valence-corrected chi connectivity index (χ0v) is 11.3. The Hall–Kier alpha value is -2.69. The van der Waals surface area contributed by atoms with Crippen LogP contribution in [0.2, 0.25) is 0 Å². The maximum atomic E-state index is 5.78. The van der Waals surface area contributed by atoms with Crippen molar-refractivity contribution in [2.75, 3.05) is 20.0 Å². The molecule has 0 unspecified atom stereocenters. The van der Waals surface area contributed by atoms with Crippen LogP contribution in [0, 0.1) is 0 Å². The molecule has 3 rings (SSSR count). The predicted octanol–water partition coefficient (Wildman–Crippen LogP) is 2.60. The van der Waals surface area contributed by atoms with E-state index in [-0.39, 0.29) is 0 Å². The summed E-state index contributed by atoms with van der Waals surface area (Å²) in [4.78, 5) is 4.57. The molecule has 0 amide bonds. The van der Waals surface area contributed by atoms with Crippen LogP contribution < -0.4 is 15.2 Å². The first-order chi connectivity index (χ1) is 9.71. The fourth-order valence-electron chi connectivity index (χ4n) is 2.15. The van der Waals surface area contributed by atoms with E-state index in [0.717, 1.165) is 28.4 Å². The van der Waals surface area contributed by atoms with E-state index in [9.17, 15) is 0 Å². The Bertz CT molecular complexity index is 765. The van der Waals surface area contributed by atoms with E-state index >= 15 is 0 Å². The number of aromatic nitrogens is 2. The molecule has 0 fully saturated rings. The second-order valence-corrected chi connectivity index (χ2v) is 4.42. The van der Waals surface area contributed by atoms with Gasteiger partial charge in [-0.3, -0.25) is 0 Å². The molecule has 2 N–H and O–H groups in total. The first-order valence-corrected chi connectivity index (χ1v) is 6.18. The lowest BCUT2D eigenvalue weighted by Crippen LogP contribution is -1.90. The van der Waals surface area contributed by atoms with Crippen molar-refractivity contribution in [3.05, 3.63) is 42.7 Å². The zero-order valence-electron chi connectivity index (χ0n) is 11.3. The van der Waals surface area contributed by atoms with Crippen molar-refractivity contribution in [1.29, 1.82) is 0 Å². The number of ether oxygens (including phenoxy) is 2. The van der Waals surface area contributed by atoms with E-state index < -0.39 is 0 Å². The largest absolute Gasteiger partial charge is 0.497 e. The van der Waals surface area contributed by atoms with Gasteiger partial charge in [0.25, 0.3) is 0 Å². The lowest BCUT2D eigenvalue weighted by Gasteiger charge is -2.08. The molecule has 0 saturated carbocycles. The Morgan fingerprint density at radius 3 is 2.65 bits per heavy atom. The van der Waals surface area contributed by atoms with Gasteiger partial charge in [0, 0.05) is 29.7 Å². The van der Waals surface area contributed by atoms with Crippen molar-refractivity contribution < 1.29 is 9.47 Å². The van der Waals surface area contributed by atoms with E-state index in [1.807, 2.05) is 47.1 Å². The van der Waals surface area contributed by atoms with Crippen LogP contribution in [-0.2, 0) is 0 Å². The molecule has 0 aliphatic carbocycles. The third kappa shape index (κ3) is 2.03. The van der Waals surface area contributed by atoms with Crippen LogP contribution in [0.25, 0.3) is 16.9 Å². The Labute approximate surface area is 116 Å².